The van der Waals surface area contributed by atoms with E-state index in [-0.39, 0.29) is 12.8 Å². The van der Waals surface area contributed by atoms with Crippen molar-refractivity contribution in [2.24, 2.45) is 0 Å². The minimum absolute atomic E-state index is 0.0484. The van der Waals surface area contributed by atoms with Crippen molar-refractivity contribution in [2.75, 3.05) is 13.7 Å². The Bertz CT molecular complexity index is 1140. The zero-order valence-electron chi connectivity index (χ0n) is 17.4. The Morgan fingerprint density at radius 3 is 2.76 bits per heavy atom. The van der Waals surface area contributed by atoms with Crippen LogP contribution in [0.3, 0.4) is 0 Å². The Morgan fingerprint density at radius 1 is 1.39 bits per heavy atom. The number of hydrogen-bond acceptors (Lipinski definition) is 8. The highest BCUT2D eigenvalue weighted by molar-refractivity contribution is 7.50. The van der Waals surface area contributed by atoms with E-state index in [1.54, 1.807) is 35.3 Å². The van der Waals surface area contributed by atoms with Gasteiger partial charge < -0.3 is 19.5 Å². The fourth-order valence-electron chi connectivity index (χ4n) is 3.29. The lowest BCUT2D eigenvalue weighted by atomic mass is 10.1. The van der Waals surface area contributed by atoms with Crippen LogP contribution in [0, 0.1) is 5.82 Å². The Hall–Kier alpha value is -2.67. The van der Waals surface area contributed by atoms with Gasteiger partial charge in [0.2, 0.25) is 5.82 Å². The molecule has 0 bridgehead atoms. The Labute approximate surface area is 186 Å². The number of aliphatic hydroxyl groups excluding tert-OH is 1. The molecule has 0 aliphatic carbocycles. The topological polar surface area (TPSA) is 169 Å². The van der Waals surface area contributed by atoms with Crippen LogP contribution in [0.4, 0.5) is 4.39 Å². The van der Waals surface area contributed by atoms with Crippen molar-refractivity contribution < 1.29 is 37.7 Å². The van der Waals surface area contributed by atoms with Crippen LogP contribution in [0.25, 0.3) is 0 Å². The predicted octanol–water partition coefficient (Wildman–Crippen LogP) is -0.185. The quantitative estimate of drug-likeness (QED) is 0.275. The molecule has 12 nitrogen and oxygen atoms in total. The Balaban J connectivity index is 1.63. The number of aromatic nitrogens is 2. The van der Waals surface area contributed by atoms with Gasteiger partial charge in [-0.25, -0.2) is 14.4 Å². The first-order valence-corrected chi connectivity index (χ1v) is 11.4. The molecule has 1 aromatic heterocycles. The molecule has 5 atom stereocenters. The maximum atomic E-state index is 13.5. The minimum Gasteiger partial charge on any atom is -0.468 e. The number of aromatic amines is 1. The number of aliphatic hydroxyl groups is 1. The molecular formula is C19H23FN3O9P. The molecule has 0 amide bonds. The molecule has 2 aromatic rings. The van der Waals surface area contributed by atoms with Crippen LogP contribution in [0.2, 0.25) is 0 Å². The molecular weight excluding hydrogens is 464 g/mol. The monoisotopic (exact) mass is 487 g/mol. The molecule has 1 aromatic carbocycles. The van der Waals surface area contributed by atoms with Crippen LogP contribution in [0.5, 0.6) is 0 Å². The van der Waals surface area contributed by atoms with E-state index in [9.17, 15) is 33.3 Å². The number of halogens is 1. The van der Waals surface area contributed by atoms with Gasteiger partial charge in [0.05, 0.1) is 26.0 Å². The summed E-state index contributed by atoms with van der Waals surface area (Å²) in [4.78, 5) is 47.1. The van der Waals surface area contributed by atoms with Crippen LogP contribution in [0.1, 0.15) is 18.2 Å². The van der Waals surface area contributed by atoms with E-state index in [0.29, 0.717) is 11.8 Å². The molecule has 1 unspecified atom stereocenters. The molecule has 0 radical (unpaired) electrons. The van der Waals surface area contributed by atoms with Gasteiger partial charge in [-0.2, -0.15) is 4.39 Å². The molecule has 1 aliphatic heterocycles. The highest BCUT2D eigenvalue weighted by atomic mass is 31.2. The first kappa shape index (κ1) is 25.0. The van der Waals surface area contributed by atoms with E-state index >= 15 is 0 Å². The van der Waals surface area contributed by atoms with E-state index < -0.39 is 61.9 Å². The van der Waals surface area contributed by atoms with Crippen LogP contribution in [-0.2, 0) is 29.8 Å². The highest BCUT2D eigenvalue weighted by Gasteiger charge is 2.38. The van der Waals surface area contributed by atoms with Crippen LogP contribution < -0.4 is 16.3 Å². The van der Waals surface area contributed by atoms with Gasteiger partial charge in [0.15, 0.2) is 0 Å². The van der Waals surface area contributed by atoms with E-state index in [1.807, 2.05) is 0 Å². The number of carbonyl (C=O) groups is 1. The number of benzene rings is 1. The molecule has 1 saturated heterocycles. The van der Waals surface area contributed by atoms with Crippen molar-refractivity contribution in [1.29, 1.82) is 0 Å². The first-order chi connectivity index (χ1) is 15.6. The van der Waals surface area contributed by atoms with Gasteiger partial charge in [0.1, 0.15) is 18.4 Å². The van der Waals surface area contributed by atoms with Gasteiger partial charge in [-0.1, -0.05) is 30.3 Å². The third-order valence-corrected chi connectivity index (χ3v) is 6.08. The number of H-pyrrole nitrogens is 1. The summed E-state index contributed by atoms with van der Waals surface area (Å²) in [6, 6.07) is 7.52. The molecule has 1 fully saturated rings. The zero-order valence-corrected chi connectivity index (χ0v) is 18.3. The van der Waals surface area contributed by atoms with Crippen molar-refractivity contribution >= 4 is 13.7 Å². The maximum Gasteiger partial charge on any atom is 0.403 e. The van der Waals surface area contributed by atoms with Gasteiger partial charge in [-0.3, -0.25) is 23.7 Å². The molecule has 0 spiro atoms. The third kappa shape index (κ3) is 6.44. The average molecular weight is 487 g/mol. The third-order valence-electron chi connectivity index (χ3n) is 4.94. The predicted molar refractivity (Wildman–Crippen MR) is 111 cm³/mol. The number of nitrogens with zero attached hydrogens (tertiary/aromatic N) is 1. The lowest BCUT2D eigenvalue weighted by molar-refractivity contribution is -0.142. The fourth-order valence-corrected chi connectivity index (χ4v) is 4.31. The van der Waals surface area contributed by atoms with E-state index in [0.717, 1.165) is 11.7 Å². The second-order valence-corrected chi connectivity index (χ2v) is 8.84. The van der Waals surface area contributed by atoms with Crippen molar-refractivity contribution in [3.05, 3.63) is 68.7 Å². The van der Waals surface area contributed by atoms with Gasteiger partial charge in [-0.05, 0) is 12.0 Å². The molecule has 33 heavy (non-hydrogen) atoms. The highest BCUT2D eigenvalue weighted by Crippen LogP contribution is 2.40. The summed E-state index contributed by atoms with van der Waals surface area (Å²) in [5.41, 5.74) is -1.44. The molecule has 4 N–H and O–H groups in total. The normalized spacial score (nSPS) is 23.1. The maximum absolute atomic E-state index is 13.5. The smallest absolute Gasteiger partial charge is 0.403 e. The number of rotatable bonds is 9. The number of nitrogens with one attached hydrogen (secondary N) is 2. The summed E-state index contributed by atoms with van der Waals surface area (Å²) in [6.07, 6.45) is -2.99. The summed E-state index contributed by atoms with van der Waals surface area (Å²) in [7, 11) is -3.43. The van der Waals surface area contributed by atoms with E-state index in [2.05, 4.69) is 9.82 Å². The summed E-state index contributed by atoms with van der Waals surface area (Å²) >= 11 is 0. The number of ether oxygens (including phenoxy) is 2. The largest absolute Gasteiger partial charge is 0.468 e. The van der Waals surface area contributed by atoms with Gasteiger partial charge >= 0.3 is 19.4 Å². The molecule has 0 saturated carbocycles. The number of esters is 1. The lowest BCUT2D eigenvalue weighted by Crippen LogP contribution is -2.38. The SMILES string of the molecule is COC(=O)[C@@H](Cc1ccccc1)NP(=O)(O)OC[C@H]1O[C@@H](n2cc(F)c(=O)[nH]c2=O)C[C@@H]1O. The second-order valence-electron chi connectivity index (χ2n) is 7.29. The molecule has 2 heterocycles. The minimum atomic E-state index is -4.57. The van der Waals surface area contributed by atoms with Crippen molar-refractivity contribution in [2.45, 2.75) is 37.3 Å². The van der Waals surface area contributed by atoms with Crippen molar-refractivity contribution in [3.63, 3.8) is 0 Å². The van der Waals surface area contributed by atoms with Crippen LogP contribution >= 0.6 is 7.75 Å². The first-order valence-electron chi connectivity index (χ1n) is 9.81. The summed E-state index contributed by atoms with van der Waals surface area (Å²) in [6.45, 7) is -0.585. The van der Waals surface area contributed by atoms with Crippen molar-refractivity contribution in [1.82, 2.24) is 14.6 Å². The number of hydrogen-bond donors (Lipinski definition) is 4. The number of methoxy groups -OCH3 is 1. The van der Waals surface area contributed by atoms with Gasteiger partial charge in [0, 0.05) is 6.42 Å². The van der Waals surface area contributed by atoms with Gasteiger partial charge in [-0.15, -0.1) is 0 Å². The Morgan fingerprint density at radius 2 is 2.09 bits per heavy atom. The van der Waals surface area contributed by atoms with E-state index in [4.69, 9.17) is 9.26 Å². The van der Waals surface area contributed by atoms with E-state index in [1.165, 1.54) is 0 Å². The van der Waals surface area contributed by atoms with Gasteiger partial charge in [0.25, 0.3) is 5.56 Å². The lowest BCUT2D eigenvalue weighted by Gasteiger charge is -2.22. The summed E-state index contributed by atoms with van der Waals surface area (Å²) in [5, 5.41) is 12.4. The molecule has 180 valence electrons. The second kappa shape index (κ2) is 10.5. The fraction of sp³-hybridized carbons (Fsp3) is 0.421. The van der Waals surface area contributed by atoms with Crippen LogP contribution in [0.15, 0.2) is 46.1 Å². The molecule has 14 heteroatoms. The standard InChI is InChI=1S/C19H23FN3O9P/c1-30-18(26)13(7-11-5-3-2-4-6-11)22-33(28,29)31-10-15-14(24)8-16(32-15)23-9-12(20)17(25)21-19(23)27/h2-6,9,13-16,24H,7-8,10H2,1H3,(H,21,25,27)(H2,22,28,29)/t13-,14+,15-,16-/m1/s1. The summed E-state index contributed by atoms with van der Waals surface area (Å²) < 4.78 is 41.9. The summed E-state index contributed by atoms with van der Waals surface area (Å²) in [5.74, 6) is -2.00. The molecule has 1 aliphatic rings. The zero-order chi connectivity index (χ0) is 24.2. The number of carbonyl (C=O) groups excluding carboxylic acids is 1. The Kier molecular flexibility index (Phi) is 7.95. The van der Waals surface area contributed by atoms with Crippen molar-refractivity contribution in [3.8, 4) is 0 Å². The average Bonchev–Trinajstić information content (AvgIpc) is 3.14. The van der Waals surface area contributed by atoms with Crippen LogP contribution in [-0.4, -0.2) is 57.5 Å². The molecule has 3 rings (SSSR count).